The third kappa shape index (κ3) is 3.35. The molecule has 4 nitrogen and oxygen atoms in total. The fraction of sp³-hybridized carbons (Fsp3) is 0.615. The molecule has 20 heavy (non-hydrogen) atoms. The third-order valence-corrected chi connectivity index (χ3v) is 7.20. The molecule has 0 aliphatic heterocycles. The molecule has 0 unspecified atom stereocenters. The summed E-state index contributed by atoms with van der Waals surface area (Å²) >= 11 is 1.10. The van der Waals surface area contributed by atoms with Gasteiger partial charge in [-0.15, -0.1) is 11.3 Å². The van der Waals surface area contributed by atoms with Crippen LogP contribution in [0.2, 0.25) is 0 Å². The van der Waals surface area contributed by atoms with Crippen molar-refractivity contribution < 1.29 is 13.2 Å². The van der Waals surface area contributed by atoms with E-state index in [-0.39, 0.29) is 15.5 Å². The summed E-state index contributed by atoms with van der Waals surface area (Å²) in [6.45, 7) is 2.41. The van der Waals surface area contributed by atoms with Crippen LogP contribution < -0.4 is 5.32 Å². The van der Waals surface area contributed by atoms with E-state index in [9.17, 15) is 13.2 Å². The van der Waals surface area contributed by atoms with Crippen molar-refractivity contribution in [3.8, 4) is 0 Å². The summed E-state index contributed by atoms with van der Waals surface area (Å²) in [4.78, 5) is 13.1. The van der Waals surface area contributed by atoms with E-state index in [1.54, 1.807) is 6.07 Å². The zero-order valence-corrected chi connectivity index (χ0v) is 13.7. The number of amides is 1. The van der Waals surface area contributed by atoms with Gasteiger partial charge in [0.2, 0.25) is 5.91 Å². The number of thiophene rings is 1. The monoisotopic (exact) mass is 335 g/mol. The van der Waals surface area contributed by atoms with Gasteiger partial charge in [-0.25, -0.2) is 8.42 Å². The molecule has 1 aliphatic carbocycles. The van der Waals surface area contributed by atoms with Gasteiger partial charge in [-0.3, -0.25) is 4.79 Å². The number of carbonyl (C=O) groups excluding carboxylic acids is 1. The SMILES string of the molecule is CCC1(C(=O)NCc2ccc(S(=O)(=O)Cl)s2)CCCC1. The number of hydrogen-bond acceptors (Lipinski definition) is 4. The van der Waals surface area contributed by atoms with Gasteiger partial charge in [0.25, 0.3) is 9.05 Å². The highest BCUT2D eigenvalue weighted by molar-refractivity contribution is 8.15. The molecule has 1 heterocycles. The molecule has 1 aromatic rings. The van der Waals surface area contributed by atoms with Crippen LogP contribution in [0.4, 0.5) is 0 Å². The van der Waals surface area contributed by atoms with E-state index >= 15 is 0 Å². The van der Waals surface area contributed by atoms with Crippen molar-refractivity contribution in [2.45, 2.75) is 49.8 Å². The molecule has 2 rings (SSSR count). The number of rotatable bonds is 5. The van der Waals surface area contributed by atoms with Crippen LogP contribution in [0.1, 0.15) is 43.9 Å². The van der Waals surface area contributed by atoms with E-state index in [1.165, 1.54) is 6.07 Å². The maximum absolute atomic E-state index is 12.3. The van der Waals surface area contributed by atoms with Gasteiger partial charge in [0.15, 0.2) is 0 Å². The Morgan fingerprint density at radius 2 is 2.05 bits per heavy atom. The van der Waals surface area contributed by atoms with Crippen molar-refractivity contribution in [3.63, 3.8) is 0 Å². The van der Waals surface area contributed by atoms with Crippen LogP contribution in [0, 0.1) is 5.41 Å². The van der Waals surface area contributed by atoms with Gasteiger partial charge in [0.05, 0.1) is 6.54 Å². The molecule has 1 fully saturated rings. The summed E-state index contributed by atoms with van der Waals surface area (Å²) in [6.07, 6.45) is 4.95. The van der Waals surface area contributed by atoms with Crippen molar-refractivity contribution in [1.82, 2.24) is 5.32 Å². The Kier molecular flexibility index (Phi) is 4.76. The number of nitrogens with one attached hydrogen (secondary N) is 1. The zero-order valence-electron chi connectivity index (χ0n) is 11.3. The van der Waals surface area contributed by atoms with Crippen molar-refractivity contribution >= 4 is 37.0 Å². The van der Waals surface area contributed by atoms with Gasteiger partial charge >= 0.3 is 0 Å². The Labute approximate surface area is 127 Å². The molecule has 0 saturated heterocycles. The number of hydrogen-bond donors (Lipinski definition) is 1. The molecule has 1 saturated carbocycles. The minimum atomic E-state index is -3.67. The predicted molar refractivity (Wildman–Crippen MR) is 80.4 cm³/mol. The Balaban J connectivity index is 1.98. The smallest absolute Gasteiger partial charge is 0.270 e. The Morgan fingerprint density at radius 3 is 2.55 bits per heavy atom. The lowest BCUT2D eigenvalue weighted by Gasteiger charge is -2.25. The molecule has 112 valence electrons. The summed E-state index contributed by atoms with van der Waals surface area (Å²) in [5, 5.41) is 2.93. The Bertz CT molecular complexity index is 589. The number of halogens is 1. The maximum atomic E-state index is 12.3. The topological polar surface area (TPSA) is 63.2 Å². The molecule has 7 heteroatoms. The zero-order chi connectivity index (χ0) is 14.8. The van der Waals surface area contributed by atoms with Gasteiger partial charge in [-0.05, 0) is 31.4 Å². The average Bonchev–Trinajstić information content (AvgIpc) is 3.05. The molecule has 0 aromatic carbocycles. The third-order valence-electron chi connectivity index (χ3n) is 4.02. The maximum Gasteiger partial charge on any atom is 0.270 e. The van der Waals surface area contributed by atoms with Crippen molar-refractivity contribution in [2.75, 3.05) is 0 Å². The van der Waals surface area contributed by atoms with Crippen molar-refractivity contribution in [2.24, 2.45) is 5.41 Å². The molecule has 0 atom stereocenters. The first-order chi connectivity index (χ1) is 9.37. The summed E-state index contributed by atoms with van der Waals surface area (Å²) in [5.41, 5.74) is -0.224. The molecule has 1 aromatic heterocycles. The predicted octanol–water partition coefficient (Wildman–Crippen LogP) is 3.26. The summed E-state index contributed by atoms with van der Waals surface area (Å²) in [5.74, 6) is 0.0844. The van der Waals surface area contributed by atoms with Crippen molar-refractivity contribution in [3.05, 3.63) is 17.0 Å². The van der Waals surface area contributed by atoms with E-state index in [0.717, 1.165) is 48.3 Å². The molecule has 1 N–H and O–H groups in total. The Hall–Kier alpha value is -0.590. The van der Waals surface area contributed by atoms with Gasteiger partial charge in [-0.2, -0.15) is 0 Å². The van der Waals surface area contributed by atoms with Crippen LogP contribution >= 0.6 is 22.0 Å². The fourth-order valence-electron chi connectivity index (χ4n) is 2.73. The number of carbonyl (C=O) groups is 1. The second-order valence-corrected chi connectivity index (χ2v) is 9.14. The highest BCUT2D eigenvalue weighted by Gasteiger charge is 2.39. The summed E-state index contributed by atoms with van der Waals surface area (Å²) < 4.78 is 22.5. The van der Waals surface area contributed by atoms with E-state index in [0.29, 0.717) is 6.54 Å². The lowest BCUT2D eigenvalue weighted by Crippen LogP contribution is -2.38. The second-order valence-electron chi connectivity index (χ2n) is 5.18. The summed E-state index contributed by atoms with van der Waals surface area (Å²) in [7, 11) is 1.60. The Morgan fingerprint density at radius 1 is 1.40 bits per heavy atom. The van der Waals surface area contributed by atoms with Crippen LogP contribution in [0.25, 0.3) is 0 Å². The van der Waals surface area contributed by atoms with Crippen LogP contribution in [0.5, 0.6) is 0 Å². The highest BCUT2D eigenvalue weighted by atomic mass is 35.7. The minimum absolute atomic E-state index is 0.0844. The molecule has 0 bridgehead atoms. The first-order valence-electron chi connectivity index (χ1n) is 6.69. The minimum Gasteiger partial charge on any atom is -0.351 e. The van der Waals surface area contributed by atoms with Crippen molar-refractivity contribution in [1.29, 1.82) is 0 Å². The van der Waals surface area contributed by atoms with E-state index < -0.39 is 9.05 Å². The average molecular weight is 336 g/mol. The van der Waals surface area contributed by atoms with Crippen LogP contribution in [-0.2, 0) is 20.4 Å². The van der Waals surface area contributed by atoms with Gasteiger partial charge in [0, 0.05) is 21.0 Å². The van der Waals surface area contributed by atoms with Crippen LogP contribution in [0.3, 0.4) is 0 Å². The standard InChI is InChI=1S/C13H18ClNO3S2/c1-2-13(7-3-4-8-13)12(16)15-9-10-5-6-11(19-10)20(14,17)18/h5-6H,2-4,7-9H2,1H3,(H,15,16). The van der Waals surface area contributed by atoms with E-state index in [2.05, 4.69) is 5.32 Å². The van der Waals surface area contributed by atoms with E-state index in [4.69, 9.17) is 10.7 Å². The quantitative estimate of drug-likeness (QED) is 0.840. The lowest BCUT2D eigenvalue weighted by atomic mass is 9.82. The van der Waals surface area contributed by atoms with Gasteiger partial charge in [-0.1, -0.05) is 19.8 Å². The van der Waals surface area contributed by atoms with Crippen LogP contribution in [0.15, 0.2) is 16.3 Å². The van der Waals surface area contributed by atoms with Crippen LogP contribution in [-0.4, -0.2) is 14.3 Å². The molecule has 0 radical (unpaired) electrons. The molecular weight excluding hydrogens is 318 g/mol. The summed E-state index contributed by atoms with van der Waals surface area (Å²) in [6, 6.07) is 3.16. The molecule has 1 aliphatic rings. The fourth-order valence-corrected chi connectivity index (χ4v) is 4.79. The molecular formula is C13H18ClNO3S2. The molecule has 0 spiro atoms. The lowest BCUT2D eigenvalue weighted by molar-refractivity contribution is -0.131. The van der Waals surface area contributed by atoms with Gasteiger partial charge < -0.3 is 5.32 Å². The largest absolute Gasteiger partial charge is 0.351 e. The normalized spacial score (nSPS) is 18.1. The highest BCUT2D eigenvalue weighted by Crippen LogP contribution is 2.41. The first kappa shape index (κ1) is 15.8. The first-order valence-corrected chi connectivity index (χ1v) is 9.82. The van der Waals surface area contributed by atoms with E-state index in [1.807, 2.05) is 6.92 Å². The van der Waals surface area contributed by atoms with Gasteiger partial charge in [0.1, 0.15) is 4.21 Å². The second kappa shape index (κ2) is 6.03. The molecule has 1 amide bonds.